The minimum Gasteiger partial charge on any atom is -0.466 e. The number of unbranched alkanes of at least 4 members (excludes halogenated alkanes) is 3. The van der Waals surface area contributed by atoms with Crippen molar-refractivity contribution in [3.8, 4) is 0 Å². The average molecular weight is 211 g/mol. The highest BCUT2D eigenvalue weighted by atomic mass is 16.5. The second-order valence-electron chi connectivity index (χ2n) is 2.70. The molecule has 14 heavy (non-hydrogen) atoms. The lowest BCUT2D eigenvalue weighted by atomic mass is 10.2. The average Bonchev–Trinajstić information content (AvgIpc) is 2.44. The predicted molar refractivity (Wildman–Crippen MR) is 59.2 cm³/mol. The van der Waals surface area contributed by atoms with E-state index >= 15 is 0 Å². The monoisotopic (exact) mass is 211 g/mol. The molecule has 0 rings (SSSR count). The van der Waals surface area contributed by atoms with Gasteiger partial charge in [-0.1, -0.05) is 45.8 Å². The lowest BCUT2D eigenvalue weighted by Crippen LogP contribution is -2.05. The number of hydrogen-bond acceptors (Lipinski definition) is 2. The van der Waals surface area contributed by atoms with Gasteiger partial charge in [0.2, 0.25) is 0 Å². The fourth-order valence-corrected chi connectivity index (χ4v) is 0.843. The molecular weight excluding hydrogens is 176 g/mol. The topological polar surface area (TPSA) is 26.3 Å². The normalized spacial score (nSPS) is 26.8. The highest BCUT2D eigenvalue weighted by Crippen LogP contribution is 2.02. The molecule has 0 aromatic carbocycles. The van der Waals surface area contributed by atoms with E-state index in [-0.39, 0.29) is 6.61 Å². The van der Waals surface area contributed by atoms with Crippen LogP contribution in [0.2, 0.25) is 0 Å². The van der Waals surface area contributed by atoms with Gasteiger partial charge in [-0.05, 0) is 12.8 Å². The lowest BCUT2D eigenvalue weighted by molar-refractivity contribution is -0.143. The Bertz CT molecular complexity index is 456. The molecule has 2 nitrogen and oxygen atoms in total. The summed E-state index contributed by atoms with van der Waals surface area (Å²) in [5.74, 6) is -1.70. The molecule has 0 saturated heterocycles. The Kier molecular flexibility index (Phi) is 2.87. The second kappa shape index (κ2) is 10.6. The molecule has 0 radical (unpaired) electrons. The van der Waals surface area contributed by atoms with Gasteiger partial charge in [0.15, 0.2) is 0 Å². The smallest absolute Gasteiger partial charge is 0.305 e. The van der Waals surface area contributed by atoms with Crippen LogP contribution in [0.25, 0.3) is 0 Å². The summed E-state index contributed by atoms with van der Waals surface area (Å²) in [5.41, 5.74) is 0. The first-order valence-corrected chi connectivity index (χ1v) is 4.65. The maximum absolute atomic E-state index is 11.9. The third-order valence-electron chi connectivity index (χ3n) is 1.52. The van der Waals surface area contributed by atoms with Crippen LogP contribution in [0.15, 0.2) is 0 Å². The van der Waals surface area contributed by atoms with Crippen LogP contribution in [0.4, 0.5) is 0 Å². The molecule has 0 amide bonds. The molecular formula is C12H24O2. The molecule has 0 spiro atoms. The molecule has 0 aromatic heterocycles. The van der Waals surface area contributed by atoms with Crippen LogP contribution in [0.5, 0.6) is 0 Å². The van der Waals surface area contributed by atoms with Crippen LogP contribution in [0, 0.1) is 0 Å². The number of rotatable bonds is 9. The zero-order chi connectivity index (χ0) is 20.3. The number of esters is 1. The van der Waals surface area contributed by atoms with E-state index in [4.69, 9.17) is 15.1 Å². The lowest BCUT2D eigenvalue weighted by Gasteiger charge is -2.03. The summed E-state index contributed by atoms with van der Waals surface area (Å²) in [6, 6.07) is 0. The predicted octanol–water partition coefficient (Wildman–Crippen LogP) is 3.69. The van der Waals surface area contributed by atoms with Gasteiger partial charge < -0.3 is 4.74 Å². The van der Waals surface area contributed by atoms with Crippen LogP contribution in [-0.4, -0.2) is 12.6 Å². The van der Waals surface area contributed by atoms with Crippen LogP contribution in [0.3, 0.4) is 0 Å². The first-order chi connectivity index (χ1) is 11.0. The maximum Gasteiger partial charge on any atom is 0.305 e. The van der Waals surface area contributed by atoms with E-state index in [1.165, 1.54) is 0 Å². The Morgan fingerprint density at radius 3 is 2.93 bits per heavy atom. The first kappa shape index (κ1) is 3.80. The molecule has 84 valence electrons. The van der Waals surface area contributed by atoms with Gasteiger partial charge in [-0.3, -0.25) is 4.79 Å². The van der Waals surface area contributed by atoms with Crippen LogP contribution >= 0.6 is 0 Å². The third-order valence-corrected chi connectivity index (χ3v) is 1.52. The van der Waals surface area contributed by atoms with Crippen molar-refractivity contribution in [2.45, 2.75) is 65.0 Å². The van der Waals surface area contributed by atoms with Gasteiger partial charge in [-0.15, -0.1) is 0 Å². The Balaban J connectivity index is 5.41. The van der Waals surface area contributed by atoms with Gasteiger partial charge in [-0.25, -0.2) is 0 Å². The SMILES string of the molecule is [2H]C([2H])([2H])C([2H])([2H])C([2H])([2H])C([2H])([2H])C([2H])([2H])C(=O)OCCCCCC. The highest BCUT2D eigenvalue weighted by Gasteiger charge is 2.00. The van der Waals surface area contributed by atoms with Crippen molar-refractivity contribution in [2.75, 3.05) is 6.61 Å². The molecule has 0 N–H and O–H groups in total. The summed E-state index contributed by atoms with van der Waals surface area (Å²) in [5, 5.41) is 0. The molecule has 0 atom stereocenters. The molecule has 0 heterocycles. The Morgan fingerprint density at radius 1 is 1.36 bits per heavy atom. The minimum absolute atomic E-state index is 0.191. The van der Waals surface area contributed by atoms with Crippen molar-refractivity contribution >= 4 is 5.97 Å². The van der Waals surface area contributed by atoms with Crippen molar-refractivity contribution in [3.05, 3.63) is 0 Å². The summed E-state index contributed by atoms with van der Waals surface area (Å²) in [7, 11) is 0. The minimum atomic E-state index is -3.84. The summed E-state index contributed by atoms with van der Waals surface area (Å²) in [6.07, 6.45) is -12.0. The summed E-state index contributed by atoms with van der Waals surface area (Å²) >= 11 is 0. The van der Waals surface area contributed by atoms with E-state index in [2.05, 4.69) is 4.74 Å². The van der Waals surface area contributed by atoms with Crippen molar-refractivity contribution < 1.29 is 24.6 Å². The van der Waals surface area contributed by atoms with Gasteiger partial charge in [0, 0.05) is 21.5 Å². The quantitative estimate of drug-likeness (QED) is 0.429. The zero-order valence-electron chi connectivity index (χ0n) is 19.4. The summed E-state index contributed by atoms with van der Waals surface area (Å²) < 4.78 is 86.5. The first-order valence-electron chi connectivity index (χ1n) is 10.2. The van der Waals surface area contributed by atoms with Gasteiger partial charge in [0.25, 0.3) is 0 Å². The van der Waals surface area contributed by atoms with Crippen molar-refractivity contribution in [1.82, 2.24) is 0 Å². The summed E-state index contributed by atoms with van der Waals surface area (Å²) in [6.45, 7) is -1.80. The molecule has 0 aliphatic heterocycles. The maximum atomic E-state index is 11.9. The number of hydrogen-bond donors (Lipinski definition) is 0. The molecule has 0 aromatic rings. The van der Waals surface area contributed by atoms with E-state index < -0.39 is 38.3 Å². The molecule has 0 fully saturated rings. The largest absolute Gasteiger partial charge is 0.466 e. The van der Waals surface area contributed by atoms with Gasteiger partial charge in [0.1, 0.15) is 0 Å². The third kappa shape index (κ3) is 9.56. The van der Waals surface area contributed by atoms with Crippen molar-refractivity contribution in [2.24, 2.45) is 0 Å². The zero-order valence-corrected chi connectivity index (χ0v) is 8.35. The van der Waals surface area contributed by atoms with Crippen LogP contribution < -0.4 is 0 Å². The highest BCUT2D eigenvalue weighted by molar-refractivity contribution is 5.69. The number of carbonyl (C=O) groups is 1. The van der Waals surface area contributed by atoms with E-state index in [1.807, 2.05) is 6.92 Å². The Labute approximate surface area is 103 Å². The number of carbonyl (C=O) groups excluding carboxylic acids is 1. The van der Waals surface area contributed by atoms with E-state index in [9.17, 15) is 4.79 Å². The Morgan fingerprint density at radius 2 is 2.21 bits per heavy atom. The number of ether oxygens (including phenoxy) is 1. The fraction of sp³-hybridized carbons (Fsp3) is 0.917. The standard InChI is InChI=1S/C12H24O2/c1-3-5-7-9-11-14-12(13)10-8-6-4-2/h3-11H2,1-2H3/i2D3,4D2,6D2,8D2,10D2. The second-order valence-corrected chi connectivity index (χ2v) is 2.70. The van der Waals surface area contributed by atoms with Crippen LogP contribution in [0.1, 0.15) is 80.0 Å². The van der Waals surface area contributed by atoms with E-state index in [0.717, 1.165) is 12.8 Å². The van der Waals surface area contributed by atoms with Gasteiger partial charge in [-0.2, -0.15) is 0 Å². The van der Waals surface area contributed by atoms with Crippen LogP contribution in [-0.2, 0) is 9.53 Å². The molecule has 0 unspecified atom stereocenters. The van der Waals surface area contributed by atoms with Crippen molar-refractivity contribution in [1.29, 1.82) is 0 Å². The summed E-state index contributed by atoms with van der Waals surface area (Å²) in [4.78, 5) is 11.9. The molecule has 2 heteroatoms. The molecule has 0 aliphatic carbocycles. The van der Waals surface area contributed by atoms with Gasteiger partial charge >= 0.3 is 5.97 Å². The molecule has 0 bridgehead atoms. The van der Waals surface area contributed by atoms with Crippen molar-refractivity contribution in [3.63, 3.8) is 0 Å². The molecule has 0 aliphatic rings. The Hall–Kier alpha value is -0.530. The molecule has 0 saturated carbocycles. The van der Waals surface area contributed by atoms with Gasteiger partial charge in [0.05, 0.1) is 6.61 Å². The van der Waals surface area contributed by atoms with E-state index in [1.54, 1.807) is 0 Å². The van der Waals surface area contributed by atoms with E-state index in [0.29, 0.717) is 12.8 Å². The fourth-order valence-electron chi connectivity index (χ4n) is 0.843.